The number of tetrazole rings is 1. The zero-order chi connectivity index (χ0) is 14.1. The van der Waals surface area contributed by atoms with Gasteiger partial charge in [-0.1, -0.05) is 23.7 Å². The maximum atomic E-state index is 14.0. The fourth-order valence-electron chi connectivity index (χ4n) is 1.87. The van der Waals surface area contributed by atoms with Crippen LogP contribution in [0.15, 0.2) is 42.5 Å². The van der Waals surface area contributed by atoms with Crippen LogP contribution in [-0.4, -0.2) is 20.2 Å². The Kier molecular flexibility index (Phi) is 3.08. The van der Waals surface area contributed by atoms with E-state index in [2.05, 4.69) is 15.5 Å². The molecule has 0 saturated carbocycles. The highest BCUT2D eigenvalue weighted by molar-refractivity contribution is 6.30. The van der Waals surface area contributed by atoms with E-state index in [0.717, 1.165) is 0 Å². The zero-order valence-electron chi connectivity index (χ0n) is 10.2. The summed E-state index contributed by atoms with van der Waals surface area (Å²) in [5, 5.41) is 11.6. The van der Waals surface area contributed by atoms with E-state index in [1.54, 1.807) is 24.3 Å². The van der Waals surface area contributed by atoms with Crippen molar-refractivity contribution in [3.05, 3.63) is 53.3 Å². The van der Waals surface area contributed by atoms with Crippen LogP contribution in [-0.2, 0) is 0 Å². The van der Waals surface area contributed by atoms with Crippen LogP contribution in [0.2, 0.25) is 5.02 Å². The smallest absolute Gasteiger partial charge is 0.189 e. The second-order valence-electron chi connectivity index (χ2n) is 4.10. The largest absolute Gasteiger partial charge is 0.398 e. The minimum atomic E-state index is -0.513. The molecule has 2 N–H and O–H groups in total. The highest BCUT2D eigenvalue weighted by Gasteiger charge is 2.15. The van der Waals surface area contributed by atoms with Crippen molar-refractivity contribution in [2.45, 2.75) is 0 Å². The molecular formula is C13H9ClFN5. The highest BCUT2D eigenvalue weighted by Crippen LogP contribution is 2.26. The third kappa shape index (κ3) is 2.10. The quantitative estimate of drug-likeness (QED) is 0.736. The lowest BCUT2D eigenvalue weighted by molar-refractivity contribution is 0.608. The average molecular weight is 290 g/mol. The van der Waals surface area contributed by atoms with Crippen LogP contribution in [0, 0.1) is 5.82 Å². The number of benzene rings is 2. The van der Waals surface area contributed by atoms with Crippen molar-refractivity contribution in [2.24, 2.45) is 0 Å². The van der Waals surface area contributed by atoms with Gasteiger partial charge in [-0.25, -0.2) is 4.39 Å². The Balaban J connectivity index is 2.18. The van der Waals surface area contributed by atoms with Gasteiger partial charge in [0, 0.05) is 16.3 Å². The zero-order valence-corrected chi connectivity index (χ0v) is 10.9. The number of anilines is 1. The van der Waals surface area contributed by atoms with Crippen LogP contribution < -0.4 is 5.73 Å². The minimum Gasteiger partial charge on any atom is -0.398 e. The number of para-hydroxylation sites is 1. The molecule has 0 unspecified atom stereocenters. The van der Waals surface area contributed by atoms with E-state index in [4.69, 9.17) is 17.3 Å². The molecule has 1 heterocycles. The summed E-state index contributed by atoms with van der Waals surface area (Å²) in [5.74, 6) is -0.148. The molecule has 100 valence electrons. The van der Waals surface area contributed by atoms with E-state index in [-0.39, 0.29) is 5.69 Å². The molecule has 0 aliphatic rings. The number of hydrogen-bond acceptors (Lipinski definition) is 4. The van der Waals surface area contributed by atoms with Gasteiger partial charge in [0.2, 0.25) is 0 Å². The van der Waals surface area contributed by atoms with Crippen molar-refractivity contribution in [2.75, 3.05) is 5.73 Å². The lowest BCUT2D eigenvalue weighted by Gasteiger charge is -2.07. The molecule has 0 fully saturated rings. The first-order valence-electron chi connectivity index (χ1n) is 5.75. The Hall–Kier alpha value is -2.47. The van der Waals surface area contributed by atoms with Crippen LogP contribution in [0.3, 0.4) is 0 Å². The van der Waals surface area contributed by atoms with Crippen molar-refractivity contribution in [1.82, 2.24) is 20.2 Å². The topological polar surface area (TPSA) is 69.6 Å². The van der Waals surface area contributed by atoms with E-state index in [1.807, 2.05) is 6.07 Å². The Bertz CT molecular complexity index is 771. The molecule has 2 aromatic carbocycles. The van der Waals surface area contributed by atoms with Gasteiger partial charge in [-0.05, 0) is 40.8 Å². The third-order valence-corrected chi connectivity index (χ3v) is 3.04. The molecule has 0 saturated heterocycles. The average Bonchev–Trinajstić information content (AvgIpc) is 2.88. The number of nitrogens with zero attached hydrogens (tertiary/aromatic N) is 4. The second kappa shape index (κ2) is 4.90. The number of nitrogens with two attached hydrogens (primary N) is 1. The molecule has 0 bridgehead atoms. The summed E-state index contributed by atoms with van der Waals surface area (Å²) in [7, 11) is 0. The molecule has 0 amide bonds. The summed E-state index contributed by atoms with van der Waals surface area (Å²) in [6.45, 7) is 0. The van der Waals surface area contributed by atoms with Crippen LogP contribution in [0.4, 0.5) is 10.1 Å². The molecule has 5 nitrogen and oxygen atoms in total. The number of aromatic nitrogens is 4. The number of nitrogen functional groups attached to an aromatic ring is 1. The Morgan fingerprint density at radius 1 is 1.15 bits per heavy atom. The SMILES string of the molecule is Nc1ccccc1-c1nnnn1-c1ccc(Cl)cc1F. The van der Waals surface area contributed by atoms with Crippen molar-refractivity contribution in [3.8, 4) is 17.1 Å². The molecule has 3 rings (SSSR count). The lowest BCUT2D eigenvalue weighted by Crippen LogP contribution is -2.03. The Morgan fingerprint density at radius 2 is 1.95 bits per heavy atom. The molecule has 3 aromatic rings. The molecular weight excluding hydrogens is 281 g/mol. The van der Waals surface area contributed by atoms with Gasteiger partial charge in [-0.2, -0.15) is 4.68 Å². The van der Waals surface area contributed by atoms with E-state index in [9.17, 15) is 4.39 Å². The highest BCUT2D eigenvalue weighted by atomic mass is 35.5. The number of rotatable bonds is 2. The second-order valence-corrected chi connectivity index (χ2v) is 4.53. The van der Waals surface area contributed by atoms with Crippen molar-refractivity contribution in [1.29, 1.82) is 0 Å². The molecule has 0 aliphatic heterocycles. The first-order chi connectivity index (χ1) is 9.66. The van der Waals surface area contributed by atoms with Crippen LogP contribution in [0.1, 0.15) is 0 Å². The summed E-state index contributed by atoms with van der Waals surface area (Å²) in [6.07, 6.45) is 0. The number of hydrogen-bond donors (Lipinski definition) is 1. The fraction of sp³-hybridized carbons (Fsp3) is 0. The van der Waals surface area contributed by atoms with Gasteiger partial charge in [-0.15, -0.1) is 5.10 Å². The first kappa shape index (κ1) is 12.6. The standard InChI is InChI=1S/C13H9ClFN5/c14-8-5-6-12(10(15)7-8)20-13(17-18-19-20)9-3-1-2-4-11(9)16/h1-7H,16H2. The van der Waals surface area contributed by atoms with E-state index in [1.165, 1.54) is 16.8 Å². The number of halogens is 2. The van der Waals surface area contributed by atoms with E-state index >= 15 is 0 Å². The molecule has 0 radical (unpaired) electrons. The molecule has 0 aliphatic carbocycles. The Morgan fingerprint density at radius 3 is 2.70 bits per heavy atom. The summed E-state index contributed by atoms with van der Waals surface area (Å²) in [4.78, 5) is 0. The summed E-state index contributed by atoms with van der Waals surface area (Å²) in [6, 6.07) is 11.4. The van der Waals surface area contributed by atoms with E-state index in [0.29, 0.717) is 22.1 Å². The van der Waals surface area contributed by atoms with Gasteiger partial charge in [0.15, 0.2) is 5.82 Å². The monoisotopic (exact) mass is 289 g/mol. The molecule has 1 aromatic heterocycles. The minimum absolute atomic E-state index is 0.206. The van der Waals surface area contributed by atoms with Crippen LogP contribution in [0.5, 0.6) is 0 Å². The maximum Gasteiger partial charge on any atom is 0.189 e. The first-order valence-corrected chi connectivity index (χ1v) is 6.13. The summed E-state index contributed by atoms with van der Waals surface area (Å²) >= 11 is 5.74. The fourth-order valence-corrected chi connectivity index (χ4v) is 2.03. The third-order valence-electron chi connectivity index (χ3n) is 2.81. The summed E-state index contributed by atoms with van der Waals surface area (Å²) < 4.78 is 15.3. The predicted molar refractivity (Wildman–Crippen MR) is 74.0 cm³/mol. The predicted octanol–water partition coefficient (Wildman–Crippen LogP) is 2.70. The van der Waals surface area contributed by atoms with Gasteiger partial charge in [0.05, 0.1) is 0 Å². The Labute approximate surface area is 118 Å². The van der Waals surface area contributed by atoms with Gasteiger partial charge >= 0.3 is 0 Å². The molecule has 0 atom stereocenters. The maximum absolute atomic E-state index is 14.0. The molecule has 7 heteroatoms. The van der Waals surface area contributed by atoms with Crippen molar-refractivity contribution in [3.63, 3.8) is 0 Å². The van der Waals surface area contributed by atoms with Gasteiger partial charge in [-0.3, -0.25) is 0 Å². The van der Waals surface area contributed by atoms with Gasteiger partial charge in [0.1, 0.15) is 11.5 Å². The molecule has 20 heavy (non-hydrogen) atoms. The van der Waals surface area contributed by atoms with Crippen LogP contribution in [0.25, 0.3) is 17.1 Å². The lowest BCUT2D eigenvalue weighted by atomic mass is 10.1. The summed E-state index contributed by atoms with van der Waals surface area (Å²) in [5.41, 5.74) is 7.25. The van der Waals surface area contributed by atoms with Crippen molar-refractivity contribution >= 4 is 17.3 Å². The molecule has 0 spiro atoms. The van der Waals surface area contributed by atoms with Gasteiger partial charge < -0.3 is 5.73 Å². The van der Waals surface area contributed by atoms with Gasteiger partial charge in [0.25, 0.3) is 0 Å². The van der Waals surface area contributed by atoms with Crippen LogP contribution >= 0.6 is 11.6 Å². The normalized spacial score (nSPS) is 10.7. The van der Waals surface area contributed by atoms with Crippen molar-refractivity contribution < 1.29 is 4.39 Å². The van der Waals surface area contributed by atoms with E-state index < -0.39 is 5.82 Å².